The van der Waals surface area contributed by atoms with Gasteiger partial charge in [0.25, 0.3) is 0 Å². The Morgan fingerprint density at radius 1 is 0.426 bits per heavy atom. The zero-order valence-electron chi connectivity index (χ0n) is 29.6. The van der Waals surface area contributed by atoms with E-state index in [1.807, 2.05) is 11.3 Å². The Bertz CT molecular complexity index is 3460. The molecule has 4 heterocycles. The van der Waals surface area contributed by atoms with Gasteiger partial charge in [0.15, 0.2) is 0 Å². The molecule has 7 aromatic carbocycles. The second kappa shape index (κ2) is 11.5. The SMILES string of the molecule is CCc1c(C#N)c(-n2c3ccccc3c3c4c(ccc32)sc2ccccc24)c(C#N)c(CC)c1-n1c2ccccc2c2c3c(ccc21)sc1ccccc13. The first-order valence-electron chi connectivity index (χ1n) is 18.4. The average molecular weight is 727 g/mol. The predicted octanol–water partition coefficient (Wildman–Crippen LogP) is 13.5. The molecule has 0 saturated carbocycles. The van der Waals surface area contributed by atoms with Crippen LogP contribution in [0.1, 0.15) is 36.1 Å². The molecule has 0 aliphatic rings. The van der Waals surface area contributed by atoms with E-state index in [-0.39, 0.29) is 0 Å². The lowest BCUT2D eigenvalue weighted by Gasteiger charge is -2.24. The Morgan fingerprint density at radius 3 is 1.28 bits per heavy atom. The van der Waals surface area contributed by atoms with Crippen molar-refractivity contribution in [1.29, 1.82) is 10.5 Å². The van der Waals surface area contributed by atoms with Crippen molar-refractivity contribution in [1.82, 2.24) is 9.13 Å². The number of nitriles is 2. The van der Waals surface area contributed by atoms with Gasteiger partial charge in [0.2, 0.25) is 0 Å². The van der Waals surface area contributed by atoms with Gasteiger partial charge in [-0.1, -0.05) is 86.6 Å². The maximum Gasteiger partial charge on any atom is 0.102 e. The number of thiophene rings is 2. The molecule has 0 spiro atoms. The summed E-state index contributed by atoms with van der Waals surface area (Å²) < 4.78 is 9.56. The number of aromatic nitrogens is 2. The minimum absolute atomic E-state index is 0.548. The molecule has 0 atom stereocenters. The van der Waals surface area contributed by atoms with Gasteiger partial charge in [-0.2, -0.15) is 10.5 Å². The maximum atomic E-state index is 11.3. The van der Waals surface area contributed by atoms with E-state index in [1.54, 1.807) is 11.3 Å². The van der Waals surface area contributed by atoms with Crippen molar-refractivity contribution in [3.05, 3.63) is 144 Å². The van der Waals surface area contributed by atoms with Crippen molar-refractivity contribution in [3.63, 3.8) is 0 Å². The molecule has 0 unspecified atom stereocenters. The molecule has 4 aromatic heterocycles. The van der Waals surface area contributed by atoms with Crippen LogP contribution in [0.3, 0.4) is 0 Å². The Hall–Kier alpha value is -6.44. The van der Waals surface area contributed by atoms with Crippen LogP contribution < -0.4 is 0 Å². The number of hydrogen-bond acceptors (Lipinski definition) is 4. The molecule has 4 nitrogen and oxygen atoms in total. The van der Waals surface area contributed by atoms with Gasteiger partial charge in [-0.15, -0.1) is 22.7 Å². The summed E-state index contributed by atoms with van der Waals surface area (Å²) in [5, 5.41) is 32.3. The summed E-state index contributed by atoms with van der Waals surface area (Å²) in [6, 6.07) is 48.6. The summed E-state index contributed by atoms with van der Waals surface area (Å²) in [4.78, 5) is 0. The summed E-state index contributed by atoms with van der Waals surface area (Å²) in [5.41, 5.74) is 8.78. The number of rotatable bonds is 4. The lowest BCUT2D eigenvalue weighted by atomic mass is 9.90. The van der Waals surface area contributed by atoms with Gasteiger partial charge in [0, 0.05) is 61.9 Å². The highest BCUT2D eigenvalue weighted by molar-refractivity contribution is 7.26. The first-order valence-corrected chi connectivity index (χ1v) is 20.0. The zero-order valence-corrected chi connectivity index (χ0v) is 31.2. The summed E-state index contributed by atoms with van der Waals surface area (Å²) in [7, 11) is 0. The lowest BCUT2D eigenvalue weighted by molar-refractivity contribution is 0.982. The smallest absolute Gasteiger partial charge is 0.102 e. The van der Waals surface area contributed by atoms with Gasteiger partial charge in [-0.25, -0.2) is 0 Å². The first-order chi connectivity index (χ1) is 26.7. The first kappa shape index (κ1) is 31.1. The van der Waals surface area contributed by atoms with Crippen molar-refractivity contribution in [2.45, 2.75) is 26.7 Å². The van der Waals surface area contributed by atoms with Crippen LogP contribution in [0.4, 0.5) is 0 Å². The second-order valence-corrected chi connectivity index (χ2v) is 16.1. The van der Waals surface area contributed by atoms with Crippen LogP contribution >= 0.6 is 22.7 Å². The lowest BCUT2D eigenvalue weighted by Crippen LogP contribution is -2.13. The number of hydrogen-bond donors (Lipinski definition) is 0. The molecule has 6 heteroatoms. The normalized spacial score (nSPS) is 12.0. The van der Waals surface area contributed by atoms with Gasteiger partial charge >= 0.3 is 0 Å². The number of benzene rings is 7. The molecule has 0 bridgehead atoms. The van der Waals surface area contributed by atoms with Crippen LogP contribution in [0, 0.1) is 22.7 Å². The summed E-state index contributed by atoms with van der Waals surface area (Å²) >= 11 is 3.63. The molecule has 254 valence electrons. The molecule has 11 aromatic rings. The van der Waals surface area contributed by atoms with E-state index >= 15 is 0 Å². The van der Waals surface area contributed by atoms with Crippen LogP contribution in [0.5, 0.6) is 0 Å². The van der Waals surface area contributed by atoms with Gasteiger partial charge in [0.1, 0.15) is 12.1 Å². The minimum Gasteiger partial charge on any atom is -0.309 e. The van der Waals surface area contributed by atoms with E-state index in [4.69, 9.17) is 0 Å². The molecule has 0 saturated heterocycles. The fourth-order valence-electron chi connectivity index (χ4n) is 9.28. The maximum absolute atomic E-state index is 11.3. The van der Waals surface area contributed by atoms with E-state index in [1.165, 1.54) is 51.1 Å². The third kappa shape index (κ3) is 3.94. The van der Waals surface area contributed by atoms with E-state index in [0.29, 0.717) is 29.7 Å². The summed E-state index contributed by atoms with van der Waals surface area (Å²) in [5.74, 6) is 0. The van der Waals surface area contributed by atoms with Gasteiger partial charge in [0.05, 0.1) is 44.6 Å². The standard InChI is InChI=1S/C48H30N4S2/c1-3-27-33(25-49)48(52-36-18-10-6-14-30(36)44-38(52)22-24-42-46(44)32-16-8-12-20-40(32)54-42)34(26-50)28(4-2)47(27)51-35-17-9-5-13-29(35)43-37(51)21-23-41-45(43)31-15-7-11-19-39(31)53-41/h5-24H,3-4H2,1-2H3. The molecule has 0 fully saturated rings. The van der Waals surface area contributed by atoms with Gasteiger partial charge < -0.3 is 9.13 Å². The average Bonchev–Trinajstić information content (AvgIpc) is 3.96. The topological polar surface area (TPSA) is 57.4 Å². The Kier molecular flexibility index (Phi) is 6.64. The Balaban J connectivity index is 1.32. The molecule has 11 rings (SSSR count). The van der Waals surface area contributed by atoms with Crippen molar-refractivity contribution < 1.29 is 0 Å². The molecule has 0 N–H and O–H groups in total. The molecule has 0 aliphatic carbocycles. The van der Waals surface area contributed by atoms with Crippen LogP contribution in [-0.4, -0.2) is 9.13 Å². The van der Waals surface area contributed by atoms with E-state index in [9.17, 15) is 10.5 Å². The van der Waals surface area contributed by atoms with E-state index in [0.717, 1.165) is 49.7 Å². The highest BCUT2D eigenvalue weighted by Crippen LogP contribution is 2.48. The molecular weight excluding hydrogens is 697 g/mol. The third-order valence-corrected chi connectivity index (χ3v) is 13.7. The van der Waals surface area contributed by atoms with Crippen LogP contribution in [0.25, 0.3) is 95.3 Å². The largest absolute Gasteiger partial charge is 0.309 e. The van der Waals surface area contributed by atoms with Crippen molar-refractivity contribution >= 4 is 107 Å². The van der Waals surface area contributed by atoms with Gasteiger partial charge in [-0.05, 0) is 72.5 Å². The Labute approximate surface area is 318 Å². The van der Waals surface area contributed by atoms with E-state index < -0.39 is 0 Å². The highest BCUT2D eigenvalue weighted by atomic mass is 32.1. The second-order valence-electron chi connectivity index (χ2n) is 13.9. The van der Waals surface area contributed by atoms with Crippen LogP contribution in [0.2, 0.25) is 0 Å². The van der Waals surface area contributed by atoms with Crippen LogP contribution in [-0.2, 0) is 12.8 Å². The Morgan fingerprint density at radius 2 is 0.833 bits per heavy atom. The molecule has 54 heavy (non-hydrogen) atoms. The highest BCUT2D eigenvalue weighted by Gasteiger charge is 2.30. The summed E-state index contributed by atoms with van der Waals surface area (Å²) in [6.07, 6.45) is 1.25. The summed E-state index contributed by atoms with van der Waals surface area (Å²) in [6.45, 7) is 4.28. The number of para-hydroxylation sites is 2. The van der Waals surface area contributed by atoms with Crippen molar-refractivity contribution in [2.75, 3.05) is 0 Å². The van der Waals surface area contributed by atoms with E-state index in [2.05, 4.69) is 156 Å². The molecule has 0 radical (unpaired) electrons. The quantitative estimate of drug-likeness (QED) is 0.181. The fourth-order valence-corrected chi connectivity index (χ4v) is 11.5. The predicted molar refractivity (Wildman–Crippen MR) is 229 cm³/mol. The molecule has 0 amide bonds. The van der Waals surface area contributed by atoms with Crippen molar-refractivity contribution in [2.24, 2.45) is 0 Å². The van der Waals surface area contributed by atoms with Gasteiger partial charge in [-0.3, -0.25) is 0 Å². The number of fused-ring (bicyclic) bond motifs is 14. The minimum atomic E-state index is 0.548. The fraction of sp³-hybridized carbons (Fsp3) is 0.0833. The monoisotopic (exact) mass is 726 g/mol. The zero-order chi connectivity index (χ0) is 36.2. The number of nitrogens with zero attached hydrogens (tertiary/aromatic N) is 4. The third-order valence-electron chi connectivity index (χ3n) is 11.4. The van der Waals surface area contributed by atoms with Crippen molar-refractivity contribution in [3.8, 4) is 23.5 Å². The van der Waals surface area contributed by atoms with Crippen LogP contribution in [0.15, 0.2) is 121 Å². The molecular formula is C48H30N4S2. The molecule has 0 aliphatic heterocycles.